The van der Waals surface area contributed by atoms with Gasteiger partial charge in [-0.25, -0.2) is 9.97 Å². The second-order valence-electron chi connectivity index (χ2n) is 5.37. The zero-order valence-corrected chi connectivity index (χ0v) is 12.7. The summed E-state index contributed by atoms with van der Waals surface area (Å²) in [5.41, 5.74) is 4.70. The number of rotatable bonds is 3. The Morgan fingerprint density at radius 1 is 1.30 bits per heavy atom. The predicted molar refractivity (Wildman–Crippen MR) is 87.7 cm³/mol. The molecule has 1 aromatic carbocycles. The lowest BCUT2D eigenvalue weighted by atomic mass is 10.1. The summed E-state index contributed by atoms with van der Waals surface area (Å²) >= 11 is 0. The van der Waals surface area contributed by atoms with Crippen molar-refractivity contribution in [3.05, 3.63) is 42.4 Å². The molecule has 23 heavy (non-hydrogen) atoms. The van der Waals surface area contributed by atoms with E-state index in [0.717, 1.165) is 27.9 Å². The van der Waals surface area contributed by atoms with Gasteiger partial charge in [-0.1, -0.05) is 0 Å². The van der Waals surface area contributed by atoms with Gasteiger partial charge in [0.25, 0.3) is 0 Å². The highest BCUT2D eigenvalue weighted by Gasteiger charge is 2.13. The Morgan fingerprint density at radius 2 is 2.17 bits per heavy atom. The van der Waals surface area contributed by atoms with Crippen molar-refractivity contribution >= 4 is 28.4 Å². The number of H-pyrrole nitrogens is 1. The summed E-state index contributed by atoms with van der Waals surface area (Å²) in [4.78, 5) is 22.6. The number of aryl methyl sites for hydroxylation is 1. The molecule has 0 atom stereocenters. The maximum atomic E-state index is 10.8. The van der Waals surface area contributed by atoms with Crippen molar-refractivity contribution in [3.63, 3.8) is 0 Å². The van der Waals surface area contributed by atoms with Gasteiger partial charge in [0, 0.05) is 29.7 Å². The number of benzene rings is 1. The first kappa shape index (κ1) is 13.5. The molecule has 0 saturated carbocycles. The zero-order valence-electron chi connectivity index (χ0n) is 12.7. The lowest BCUT2D eigenvalue weighted by molar-refractivity contribution is 0.111. The van der Waals surface area contributed by atoms with Gasteiger partial charge in [0.1, 0.15) is 17.0 Å². The van der Waals surface area contributed by atoms with E-state index in [1.54, 1.807) is 7.11 Å². The molecule has 0 aliphatic rings. The number of carbonyl (C=O) groups is 1. The van der Waals surface area contributed by atoms with Crippen molar-refractivity contribution in [2.45, 2.75) is 0 Å². The van der Waals surface area contributed by atoms with Crippen LogP contribution in [0, 0.1) is 0 Å². The molecule has 1 N–H and O–H groups in total. The van der Waals surface area contributed by atoms with Gasteiger partial charge in [0.15, 0.2) is 11.9 Å². The molecule has 4 aromatic rings. The number of ether oxygens (including phenoxy) is 1. The molecule has 0 bridgehead atoms. The molecule has 4 rings (SSSR count). The number of nitrogens with zero attached hydrogens (tertiary/aromatic N) is 3. The number of hydrogen-bond acceptors (Lipinski definition) is 4. The highest BCUT2D eigenvalue weighted by molar-refractivity contribution is 5.98. The molecule has 6 heteroatoms. The van der Waals surface area contributed by atoms with E-state index in [9.17, 15) is 4.79 Å². The number of nitrogens with one attached hydrogen (secondary N) is 1. The summed E-state index contributed by atoms with van der Waals surface area (Å²) < 4.78 is 7.39. The van der Waals surface area contributed by atoms with Gasteiger partial charge in [-0.15, -0.1) is 0 Å². The van der Waals surface area contributed by atoms with E-state index in [-0.39, 0.29) is 0 Å². The number of carbonyl (C=O) groups excluding carboxylic acids is 1. The SMILES string of the molecule is COc1ccc2c(c1)c(-c1cc3nc(C=O)cnc3[nH]1)cn2C. The standard InChI is InChI=1S/C17H14N4O2/c1-21-8-13(12-5-11(23-2)3-4-16(12)21)14-6-15-17(20-14)18-7-10(9-22)19-15/h3-9H,1-2H3,(H,18,20). The van der Waals surface area contributed by atoms with Crippen molar-refractivity contribution < 1.29 is 9.53 Å². The molecule has 0 aliphatic carbocycles. The van der Waals surface area contributed by atoms with Gasteiger partial charge in [-0.2, -0.15) is 0 Å². The highest BCUT2D eigenvalue weighted by Crippen LogP contribution is 2.33. The minimum absolute atomic E-state index is 0.322. The largest absolute Gasteiger partial charge is 0.497 e. The number of aldehydes is 1. The van der Waals surface area contributed by atoms with E-state index in [1.807, 2.05) is 31.3 Å². The Morgan fingerprint density at radius 3 is 2.96 bits per heavy atom. The molecule has 0 fully saturated rings. The lowest BCUT2D eigenvalue weighted by Crippen LogP contribution is -1.88. The van der Waals surface area contributed by atoms with Crippen molar-refractivity contribution in [1.82, 2.24) is 19.5 Å². The first-order chi connectivity index (χ1) is 11.2. The average molecular weight is 306 g/mol. The van der Waals surface area contributed by atoms with Gasteiger partial charge >= 0.3 is 0 Å². The van der Waals surface area contributed by atoms with Crippen LogP contribution in [-0.2, 0) is 7.05 Å². The van der Waals surface area contributed by atoms with Gasteiger partial charge < -0.3 is 14.3 Å². The van der Waals surface area contributed by atoms with E-state index < -0.39 is 0 Å². The van der Waals surface area contributed by atoms with E-state index in [2.05, 4.69) is 25.7 Å². The van der Waals surface area contributed by atoms with Crippen LogP contribution in [0.2, 0.25) is 0 Å². The van der Waals surface area contributed by atoms with Crippen molar-refractivity contribution in [1.29, 1.82) is 0 Å². The summed E-state index contributed by atoms with van der Waals surface area (Å²) in [5, 5.41) is 1.08. The maximum absolute atomic E-state index is 10.8. The number of methoxy groups -OCH3 is 1. The number of fused-ring (bicyclic) bond motifs is 2. The maximum Gasteiger partial charge on any atom is 0.170 e. The molecule has 6 nitrogen and oxygen atoms in total. The fourth-order valence-corrected chi connectivity index (χ4v) is 2.83. The third-order valence-corrected chi connectivity index (χ3v) is 3.96. The summed E-state index contributed by atoms with van der Waals surface area (Å²) in [5.74, 6) is 0.806. The molecule has 0 aliphatic heterocycles. The van der Waals surface area contributed by atoms with E-state index >= 15 is 0 Å². The van der Waals surface area contributed by atoms with Gasteiger partial charge in [0.2, 0.25) is 0 Å². The number of hydrogen-bond donors (Lipinski definition) is 1. The quantitative estimate of drug-likeness (QED) is 0.591. The molecule has 114 valence electrons. The molecular weight excluding hydrogens is 292 g/mol. The summed E-state index contributed by atoms with van der Waals surface area (Å²) in [6.45, 7) is 0. The normalized spacial score (nSPS) is 11.2. The van der Waals surface area contributed by atoms with E-state index in [4.69, 9.17) is 4.74 Å². The highest BCUT2D eigenvalue weighted by atomic mass is 16.5. The van der Waals surface area contributed by atoms with Gasteiger partial charge in [0.05, 0.1) is 19.0 Å². The fraction of sp³-hybridized carbons (Fsp3) is 0.118. The topological polar surface area (TPSA) is 72.8 Å². The van der Waals surface area contributed by atoms with E-state index in [1.165, 1.54) is 6.20 Å². The van der Waals surface area contributed by atoms with Crippen LogP contribution in [-0.4, -0.2) is 32.9 Å². The molecule has 3 aromatic heterocycles. The molecule has 0 spiro atoms. The molecule has 0 radical (unpaired) electrons. The second-order valence-corrected chi connectivity index (χ2v) is 5.37. The predicted octanol–water partition coefficient (Wildman–Crippen LogP) is 2.94. The minimum Gasteiger partial charge on any atom is -0.497 e. The molecule has 0 saturated heterocycles. The van der Waals surface area contributed by atoms with Crippen molar-refractivity contribution in [3.8, 4) is 17.0 Å². The van der Waals surface area contributed by atoms with Crippen LogP contribution in [0.1, 0.15) is 10.5 Å². The summed E-state index contributed by atoms with van der Waals surface area (Å²) in [6, 6.07) is 7.88. The van der Waals surface area contributed by atoms with Crippen LogP contribution >= 0.6 is 0 Å². The summed E-state index contributed by atoms with van der Waals surface area (Å²) in [7, 11) is 3.66. The monoisotopic (exact) mass is 306 g/mol. The smallest absolute Gasteiger partial charge is 0.170 e. The van der Waals surface area contributed by atoms with Gasteiger partial charge in [-0.05, 0) is 24.3 Å². The molecule has 3 heterocycles. The summed E-state index contributed by atoms with van der Waals surface area (Å²) in [6.07, 6.45) is 4.21. The Bertz CT molecular complexity index is 1050. The first-order valence-corrected chi connectivity index (χ1v) is 7.14. The van der Waals surface area contributed by atoms with Crippen LogP contribution in [0.4, 0.5) is 0 Å². The average Bonchev–Trinajstić information content (AvgIpc) is 3.14. The van der Waals surface area contributed by atoms with Crippen molar-refractivity contribution in [2.75, 3.05) is 7.11 Å². The Hall–Kier alpha value is -3.15. The van der Waals surface area contributed by atoms with Crippen LogP contribution in [0.25, 0.3) is 33.3 Å². The Labute approximate surface area is 131 Å². The van der Waals surface area contributed by atoms with E-state index in [0.29, 0.717) is 23.1 Å². The van der Waals surface area contributed by atoms with Crippen LogP contribution in [0.3, 0.4) is 0 Å². The third kappa shape index (κ3) is 2.07. The minimum atomic E-state index is 0.322. The number of aromatic nitrogens is 4. The Kier molecular flexibility index (Phi) is 2.90. The molecular formula is C17H14N4O2. The molecule has 0 amide bonds. The van der Waals surface area contributed by atoms with Gasteiger partial charge in [-0.3, -0.25) is 4.79 Å². The fourth-order valence-electron chi connectivity index (χ4n) is 2.83. The number of aromatic amines is 1. The van der Waals surface area contributed by atoms with Crippen LogP contribution < -0.4 is 4.74 Å². The van der Waals surface area contributed by atoms with Crippen molar-refractivity contribution in [2.24, 2.45) is 7.05 Å². The van der Waals surface area contributed by atoms with Crippen LogP contribution in [0.15, 0.2) is 36.7 Å². The Balaban J connectivity index is 1.96. The first-order valence-electron chi connectivity index (χ1n) is 7.14. The second kappa shape index (κ2) is 4.95. The zero-order chi connectivity index (χ0) is 16.0. The lowest BCUT2D eigenvalue weighted by Gasteiger charge is -2.01. The van der Waals surface area contributed by atoms with Crippen LogP contribution in [0.5, 0.6) is 5.75 Å². The third-order valence-electron chi connectivity index (χ3n) is 3.96. The molecule has 0 unspecified atom stereocenters.